The number of aryl methyl sites for hydroxylation is 1. The Hall–Kier alpha value is -2.57. The fraction of sp³-hybridized carbons (Fsp3) is 0.182. The molecule has 0 bridgehead atoms. The van der Waals surface area contributed by atoms with E-state index < -0.39 is 4.92 Å². The van der Waals surface area contributed by atoms with E-state index >= 15 is 0 Å². The quantitative estimate of drug-likeness (QED) is 0.650. The Labute approximate surface area is 103 Å². The van der Waals surface area contributed by atoms with E-state index in [9.17, 15) is 10.1 Å². The minimum absolute atomic E-state index is 0.0466. The van der Waals surface area contributed by atoms with Gasteiger partial charge >= 0.3 is 5.69 Å². The molecule has 18 heavy (non-hydrogen) atoms. The first-order valence-electron chi connectivity index (χ1n) is 5.27. The first-order chi connectivity index (χ1) is 8.66. The Morgan fingerprint density at radius 1 is 1.39 bits per heavy atom. The average molecular weight is 245 g/mol. The Morgan fingerprint density at radius 2 is 2.22 bits per heavy atom. The lowest BCUT2D eigenvalue weighted by Crippen LogP contribution is -2.06. The lowest BCUT2D eigenvalue weighted by atomic mass is 10.3. The second kappa shape index (κ2) is 5.17. The molecule has 7 heteroatoms. The highest BCUT2D eigenvalue weighted by atomic mass is 16.6. The molecule has 2 rings (SSSR count). The first-order valence-corrected chi connectivity index (χ1v) is 5.27. The summed E-state index contributed by atoms with van der Waals surface area (Å²) in [5.41, 5.74) is 1.41. The Bertz CT molecular complexity index is 559. The third-order valence-electron chi connectivity index (χ3n) is 2.29. The van der Waals surface area contributed by atoms with E-state index in [4.69, 9.17) is 0 Å². The minimum atomic E-state index is -0.464. The average Bonchev–Trinajstić information content (AvgIpc) is 2.37. The van der Waals surface area contributed by atoms with E-state index in [1.54, 1.807) is 25.3 Å². The summed E-state index contributed by atoms with van der Waals surface area (Å²) in [6.45, 7) is 2.14. The molecule has 2 aromatic heterocycles. The molecule has 0 aliphatic heterocycles. The smallest absolute Gasteiger partial charge is 0.311 e. The van der Waals surface area contributed by atoms with Crippen molar-refractivity contribution in [2.75, 3.05) is 5.32 Å². The molecule has 92 valence electrons. The van der Waals surface area contributed by atoms with Crippen LogP contribution >= 0.6 is 0 Å². The van der Waals surface area contributed by atoms with Crippen LogP contribution in [0.15, 0.2) is 30.7 Å². The van der Waals surface area contributed by atoms with Crippen LogP contribution < -0.4 is 5.32 Å². The molecule has 0 aliphatic carbocycles. The molecule has 0 spiro atoms. The predicted molar refractivity (Wildman–Crippen MR) is 65.0 cm³/mol. The van der Waals surface area contributed by atoms with Crippen LogP contribution in [0.5, 0.6) is 0 Å². The highest BCUT2D eigenvalue weighted by Gasteiger charge is 2.14. The van der Waals surface area contributed by atoms with Gasteiger partial charge in [0, 0.05) is 18.0 Å². The van der Waals surface area contributed by atoms with Gasteiger partial charge in [-0.3, -0.25) is 10.1 Å². The summed E-state index contributed by atoms with van der Waals surface area (Å²) in [5, 5.41) is 13.8. The summed E-state index contributed by atoms with van der Waals surface area (Å²) >= 11 is 0. The van der Waals surface area contributed by atoms with Crippen molar-refractivity contribution in [3.63, 3.8) is 0 Å². The molecule has 2 aromatic rings. The number of hydrogen-bond donors (Lipinski definition) is 1. The molecular weight excluding hydrogens is 234 g/mol. The second-order valence-corrected chi connectivity index (χ2v) is 3.63. The van der Waals surface area contributed by atoms with Gasteiger partial charge in [-0.25, -0.2) is 15.0 Å². The van der Waals surface area contributed by atoms with Crippen molar-refractivity contribution in [2.45, 2.75) is 13.5 Å². The number of anilines is 1. The first kappa shape index (κ1) is 11.9. The summed E-state index contributed by atoms with van der Waals surface area (Å²) in [4.78, 5) is 22.3. The maximum Gasteiger partial charge on any atom is 0.311 e. The van der Waals surface area contributed by atoms with Gasteiger partial charge in [0.05, 0.1) is 17.2 Å². The number of pyridine rings is 1. The fourth-order valence-corrected chi connectivity index (χ4v) is 1.42. The monoisotopic (exact) mass is 245 g/mol. The van der Waals surface area contributed by atoms with Crippen LogP contribution in [0.1, 0.15) is 11.4 Å². The lowest BCUT2D eigenvalue weighted by Gasteiger charge is -2.06. The molecule has 0 saturated heterocycles. The van der Waals surface area contributed by atoms with E-state index in [0.717, 1.165) is 5.69 Å². The summed E-state index contributed by atoms with van der Waals surface area (Å²) in [6, 6.07) is 4.77. The van der Waals surface area contributed by atoms with Crippen molar-refractivity contribution in [3.05, 3.63) is 52.2 Å². The van der Waals surface area contributed by atoms with E-state index in [1.807, 2.05) is 0 Å². The van der Waals surface area contributed by atoms with Crippen molar-refractivity contribution in [3.8, 4) is 0 Å². The molecule has 0 aromatic carbocycles. The zero-order valence-corrected chi connectivity index (χ0v) is 9.70. The molecule has 0 saturated carbocycles. The third kappa shape index (κ3) is 2.76. The van der Waals surface area contributed by atoms with Crippen LogP contribution in [0.25, 0.3) is 0 Å². The van der Waals surface area contributed by atoms with Gasteiger partial charge < -0.3 is 5.32 Å². The topological polar surface area (TPSA) is 93.8 Å². The molecule has 1 N–H and O–H groups in total. The van der Waals surface area contributed by atoms with Crippen molar-refractivity contribution < 1.29 is 4.92 Å². The second-order valence-electron chi connectivity index (χ2n) is 3.63. The number of hydrogen-bond acceptors (Lipinski definition) is 6. The van der Waals surface area contributed by atoms with Crippen molar-refractivity contribution in [1.29, 1.82) is 0 Å². The molecule has 2 heterocycles. The van der Waals surface area contributed by atoms with Gasteiger partial charge in [-0.15, -0.1) is 0 Å². The predicted octanol–water partition coefficient (Wildman–Crippen LogP) is 1.70. The number of nitrogens with one attached hydrogen (secondary N) is 1. The van der Waals surface area contributed by atoms with Crippen LogP contribution in [0.4, 0.5) is 11.5 Å². The van der Waals surface area contributed by atoms with Gasteiger partial charge in [0.25, 0.3) is 0 Å². The van der Waals surface area contributed by atoms with Crippen LogP contribution in [0, 0.1) is 17.0 Å². The summed E-state index contributed by atoms with van der Waals surface area (Å²) in [6.07, 6.45) is 3.04. The van der Waals surface area contributed by atoms with Gasteiger partial charge in [0.1, 0.15) is 6.33 Å². The highest BCUT2D eigenvalue weighted by molar-refractivity contribution is 5.56. The summed E-state index contributed by atoms with van der Waals surface area (Å²) in [5.74, 6) is 0.249. The molecule has 0 unspecified atom stereocenters. The van der Waals surface area contributed by atoms with Gasteiger partial charge in [0.2, 0.25) is 5.82 Å². The van der Waals surface area contributed by atoms with Crippen LogP contribution in [-0.2, 0) is 6.54 Å². The van der Waals surface area contributed by atoms with Gasteiger partial charge in [-0.2, -0.15) is 0 Å². The lowest BCUT2D eigenvalue weighted by molar-refractivity contribution is -0.384. The Morgan fingerprint density at radius 3 is 2.89 bits per heavy atom. The number of nitrogens with zero attached hydrogens (tertiary/aromatic N) is 4. The normalized spacial score (nSPS) is 10.1. The molecule has 0 fully saturated rings. The van der Waals surface area contributed by atoms with Gasteiger partial charge in [-0.05, 0) is 19.1 Å². The van der Waals surface area contributed by atoms with E-state index in [-0.39, 0.29) is 11.5 Å². The summed E-state index contributed by atoms with van der Waals surface area (Å²) in [7, 11) is 0. The van der Waals surface area contributed by atoms with Crippen molar-refractivity contribution in [2.24, 2.45) is 0 Å². The maximum absolute atomic E-state index is 10.8. The van der Waals surface area contributed by atoms with Gasteiger partial charge in [0.15, 0.2) is 0 Å². The van der Waals surface area contributed by atoms with Crippen molar-refractivity contribution >= 4 is 11.5 Å². The zero-order valence-electron chi connectivity index (χ0n) is 9.70. The van der Waals surface area contributed by atoms with Crippen LogP contribution in [-0.4, -0.2) is 19.9 Å². The van der Waals surface area contributed by atoms with Crippen LogP contribution in [0.2, 0.25) is 0 Å². The molecule has 0 aliphatic rings. The standard InChI is InChI=1S/C11H11N5O2/c1-8-2-3-10(16(17)18)11(15-8)13-6-9-4-5-12-7-14-9/h2-5,7H,6H2,1H3,(H,13,15). The fourth-order valence-electron chi connectivity index (χ4n) is 1.42. The highest BCUT2D eigenvalue weighted by Crippen LogP contribution is 2.22. The molecular formula is C11H11N5O2. The Kier molecular flexibility index (Phi) is 3.42. The van der Waals surface area contributed by atoms with Gasteiger partial charge in [-0.1, -0.05) is 0 Å². The molecule has 0 atom stereocenters. The molecule has 7 nitrogen and oxygen atoms in total. The Balaban J connectivity index is 2.18. The van der Waals surface area contributed by atoms with E-state index in [0.29, 0.717) is 12.2 Å². The van der Waals surface area contributed by atoms with Crippen molar-refractivity contribution in [1.82, 2.24) is 15.0 Å². The van der Waals surface area contributed by atoms with Crippen LogP contribution in [0.3, 0.4) is 0 Å². The summed E-state index contributed by atoms with van der Waals surface area (Å²) < 4.78 is 0. The SMILES string of the molecule is Cc1ccc([N+](=O)[O-])c(NCc2ccncn2)n1. The maximum atomic E-state index is 10.8. The molecule has 0 radical (unpaired) electrons. The minimum Gasteiger partial charge on any atom is -0.359 e. The number of aromatic nitrogens is 3. The number of nitro groups is 1. The molecule has 0 amide bonds. The number of rotatable bonds is 4. The zero-order chi connectivity index (χ0) is 13.0. The largest absolute Gasteiger partial charge is 0.359 e. The van der Waals surface area contributed by atoms with E-state index in [2.05, 4.69) is 20.3 Å². The third-order valence-corrected chi connectivity index (χ3v) is 2.29. The van der Waals surface area contributed by atoms with E-state index in [1.165, 1.54) is 12.4 Å².